The highest BCUT2D eigenvalue weighted by atomic mass is 16.6. The number of ether oxygens (including phenoxy) is 1. The molecule has 3 aromatic rings. The third kappa shape index (κ3) is 3.74. The van der Waals surface area contributed by atoms with E-state index in [1.807, 2.05) is 31.2 Å². The number of amides is 1. The molecule has 2 aromatic carbocycles. The number of nitrogens with one attached hydrogen (secondary N) is 1. The Morgan fingerprint density at radius 3 is 2.35 bits per heavy atom. The van der Waals surface area contributed by atoms with Crippen LogP contribution in [0.5, 0.6) is 0 Å². The van der Waals surface area contributed by atoms with Crippen molar-refractivity contribution in [2.45, 2.75) is 33.3 Å². The van der Waals surface area contributed by atoms with Crippen LogP contribution in [-0.2, 0) is 4.74 Å². The van der Waals surface area contributed by atoms with E-state index in [2.05, 4.69) is 10.4 Å². The number of carbonyl (C=O) groups excluding carboxylic acids is 2. The second-order valence-corrected chi connectivity index (χ2v) is 7.08. The molecule has 0 spiro atoms. The molecule has 0 saturated carbocycles. The van der Waals surface area contributed by atoms with Crippen molar-refractivity contribution >= 4 is 28.6 Å². The third-order valence-corrected chi connectivity index (χ3v) is 3.68. The van der Waals surface area contributed by atoms with Gasteiger partial charge < -0.3 is 10.1 Å². The summed E-state index contributed by atoms with van der Waals surface area (Å²) in [5.41, 5.74) is 1.80. The second kappa shape index (κ2) is 6.63. The number of nitrogens with zero attached hydrogens (tertiary/aromatic N) is 2. The van der Waals surface area contributed by atoms with E-state index >= 15 is 0 Å². The molecule has 0 aliphatic rings. The predicted octanol–water partition coefficient (Wildman–Crippen LogP) is 4.38. The van der Waals surface area contributed by atoms with E-state index in [0.717, 1.165) is 10.2 Å². The molecule has 0 saturated heterocycles. The summed E-state index contributed by atoms with van der Waals surface area (Å²) in [5, 5.41) is 7.61. The second-order valence-electron chi connectivity index (χ2n) is 7.08. The first-order chi connectivity index (χ1) is 12.2. The summed E-state index contributed by atoms with van der Waals surface area (Å²) in [5.74, 6) is -0.382. The van der Waals surface area contributed by atoms with Gasteiger partial charge in [0.15, 0.2) is 5.69 Å². The first-order valence-corrected chi connectivity index (χ1v) is 8.34. The van der Waals surface area contributed by atoms with Gasteiger partial charge in [-0.2, -0.15) is 9.78 Å². The maximum atomic E-state index is 12.7. The van der Waals surface area contributed by atoms with Crippen LogP contribution in [0.25, 0.3) is 10.9 Å². The van der Waals surface area contributed by atoms with Crippen LogP contribution in [0, 0.1) is 6.92 Å². The van der Waals surface area contributed by atoms with Crippen molar-refractivity contribution in [3.8, 4) is 0 Å². The molecule has 26 heavy (non-hydrogen) atoms. The lowest BCUT2D eigenvalue weighted by Crippen LogP contribution is -2.28. The van der Waals surface area contributed by atoms with Gasteiger partial charge in [-0.3, -0.25) is 4.79 Å². The van der Waals surface area contributed by atoms with Gasteiger partial charge in [-0.1, -0.05) is 35.9 Å². The molecule has 6 nitrogen and oxygen atoms in total. The monoisotopic (exact) mass is 351 g/mol. The summed E-state index contributed by atoms with van der Waals surface area (Å²) in [6.45, 7) is 7.31. The number of benzene rings is 2. The normalized spacial score (nSPS) is 11.4. The first-order valence-electron chi connectivity index (χ1n) is 8.34. The van der Waals surface area contributed by atoms with Gasteiger partial charge in [0.1, 0.15) is 5.60 Å². The van der Waals surface area contributed by atoms with Crippen molar-refractivity contribution in [3.05, 3.63) is 59.8 Å². The molecule has 0 aliphatic heterocycles. The Kier molecular flexibility index (Phi) is 4.50. The first kappa shape index (κ1) is 17.7. The van der Waals surface area contributed by atoms with Crippen LogP contribution >= 0.6 is 0 Å². The van der Waals surface area contributed by atoms with Crippen LogP contribution in [0.15, 0.2) is 48.5 Å². The Bertz CT molecular complexity index is 966. The average molecular weight is 351 g/mol. The summed E-state index contributed by atoms with van der Waals surface area (Å²) in [4.78, 5) is 25.1. The van der Waals surface area contributed by atoms with Gasteiger partial charge in [0.2, 0.25) is 0 Å². The molecule has 0 radical (unpaired) electrons. The summed E-state index contributed by atoms with van der Waals surface area (Å²) < 4.78 is 6.52. The molecule has 0 bridgehead atoms. The van der Waals surface area contributed by atoms with Gasteiger partial charge in [0, 0.05) is 11.1 Å². The summed E-state index contributed by atoms with van der Waals surface area (Å²) in [6, 6.07) is 14.5. The Hall–Kier alpha value is -3.15. The molecule has 1 N–H and O–H groups in total. The van der Waals surface area contributed by atoms with Gasteiger partial charge in [-0.25, -0.2) is 4.79 Å². The van der Waals surface area contributed by atoms with E-state index in [0.29, 0.717) is 16.6 Å². The minimum atomic E-state index is -0.658. The average Bonchev–Trinajstić information content (AvgIpc) is 2.95. The fourth-order valence-electron chi connectivity index (χ4n) is 2.51. The van der Waals surface area contributed by atoms with E-state index in [1.54, 1.807) is 45.0 Å². The van der Waals surface area contributed by atoms with Crippen LogP contribution in [0.1, 0.15) is 36.8 Å². The van der Waals surface area contributed by atoms with E-state index < -0.39 is 11.7 Å². The minimum Gasteiger partial charge on any atom is -0.442 e. The number of anilines is 1. The topological polar surface area (TPSA) is 73.2 Å². The molecular formula is C20H21N3O3. The van der Waals surface area contributed by atoms with E-state index in [-0.39, 0.29) is 11.6 Å². The van der Waals surface area contributed by atoms with Gasteiger partial charge in [-0.15, -0.1) is 0 Å². The predicted molar refractivity (Wildman–Crippen MR) is 100 cm³/mol. The molecule has 1 heterocycles. The SMILES string of the molecule is Cc1ccc(NC(=O)c2nn(C(=O)OC(C)(C)C)c3ccccc23)cc1. The number of hydrogen-bond acceptors (Lipinski definition) is 4. The molecular weight excluding hydrogens is 330 g/mol. The number of carbonyl (C=O) groups is 2. The number of hydrogen-bond donors (Lipinski definition) is 1. The highest BCUT2D eigenvalue weighted by Crippen LogP contribution is 2.21. The number of para-hydroxylation sites is 1. The zero-order valence-corrected chi connectivity index (χ0v) is 15.2. The maximum Gasteiger partial charge on any atom is 0.435 e. The van der Waals surface area contributed by atoms with Crippen molar-refractivity contribution < 1.29 is 14.3 Å². The van der Waals surface area contributed by atoms with E-state index in [1.165, 1.54) is 0 Å². The standard InChI is InChI=1S/C20H21N3O3/c1-13-9-11-14(12-10-13)21-18(24)17-15-7-5-6-8-16(15)23(22-17)19(25)26-20(2,3)4/h5-12H,1-4H3,(H,21,24). The van der Waals surface area contributed by atoms with E-state index in [9.17, 15) is 9.59 Å². The summed E-state index contributed by atoms with van der Waals surface area (Å²) in [7, 11) is 0. The van der Waals surface area contributed by atoms with Crippen molar-refractivity contribution in [2.24, 2.45) is 0 Å². The fourth-order valence-corrected chi connectivity index (χ4v) is 2.51. The third-order valence-electron chi connectivity index (χ3n) is 3.68. The Labute approximate surface area is 151 Å². The van der Waals surface area contributed by atoms with Gasteiger partial charge in [0.25, 0.3) is 5.91 Å². The largest absolute Gasteiger partial charge is 0.442 e. The molecule has 1 aromatic heterocycles. The van der Waals surface area contributed by atoms with Crippen molar-refractivity contribution in [1.29, 1.82) is 0 Å². The zero-order valence-electron chi connectivity index (χ0n) is 15.2. The molecule has 0 fully saturated rings. The molecule has 6 heteroatoms. The maximum absolute atomic E-state index is 12.7. The Balaban J connectivity index is 1.97. The van der Waals surface area contributed by atoms with Gasteiger partial charge in [0.05, 0.1) is 5.52 Å². The zero-order chi connectivity index (χ0) is 18.9. The van der Waals surface area contributed by atoms with Crippen LogP contribution in [0.3, 0.4) is 0 Å². The number of fused-ring (bicyclic) bond motifs is 1. The van der Waals surface area contributed by atoms with Crippen molar-refractivity contribution in [2.75, 3.05) is 5.32 Å². The van der Waals surface area contributed by atoms with Gasteiger partial charge in [-0.05, 0) is 45.9 Å². The smallest absolute Gasteiger partial charge is 0.435 e. The Morgan fingerprint density at radius 1 is 1.04 bits per heavy atom. The molecule has 1 amide bonds. The van der Waals surface area contributed by atoms with Gasteiger partial charge >= 0.3 is 6.09 Å². The van der Waals surface area contributed by atoms with Crippen LogP contribution in [0.2, 0.25) is 0 Å². The highest BCUT2D eigenvalue weighted by Gasteiger charge is 2.24. The van der Waals surface area contributed by atoms with Crippen LogP contribution in [-0.4, -0.2) is 27.4 Å². The van der Waals surface area contributed by atoms with Crippen LogP contribution < -0.4 is 5.32 Å². The van der Waals surface area contributed by atoms with Crippen LogP contribution in [0.4, 0.5) is 10.5 Å². The quantitative estimate of drug-likeness (QED) is 0.743. The van der Waals surface area contributed by atoms with Crippen molar-refractivity contribution in [3.63, 3.8) is 0 Å². The minimum absolute atomic E-state index is 0.173. The molecule has 3 rings (SSSR count). The van der Waals surface area contributed by atoms with E-state index in [4.69, 9.17) is 4.74 Å². The number of aryl methyl sites for hydroxylation is 1. The lowest BCUT2D eigenvalue weighted by atomic mass is 10.2. The molecule has 0 unspecified atom stereocenters. The Morgan fingerprint density at radius 2 is 1.69 bits per heavy atom. The lowest BCUT2D eigenvalue weighted by molar-refractivity contribution is 0.0522. The molecule has 134 valence electrons. The summed E-state index contributed by atoms with van der Waals surface area (Å²) in [6.07, 6.45) is -0.622. The number of rotatable bonds is 2. The lowest BCUT2D eigenvalue weighted by Gasteiger charge is -2.19. The van der Waals surface area contributed by atoms with Crippen molar-refractivity contribution in [1.82, 2.24) is 9.78 Å². The highest BCUT2D eigenvalue weighted by molar-refractivity contribution is 6.12. The number of aromatic nitrogens is 2. The molecule has 0 atom stereocenters. The summed E-state index contributed by atoms with van der Waals surface area (Å²) >= 11 is 0. The molecule has 0 aliphatic carbocycles. The fraction of sp³-hybridized carbons (Fsp3) is 0.250.